The van der Waals surface area contributed by atoms with Gasteiger partial charge in [0.15, 0.2) is 0 Å². The van der Waals surface area contributed by atoms with E-state index in [1.165, 1.54) is 12.8 Å². The fraction of sp³-hybridized carbons (Fsp3) is 0.429. The second-order valence-electron chi connectivity index (χ2n) is 7.26. The number of carbonyl (C=O) groups excluding carboxylic acids is 1. The van der Waals surface area contributed by atoms with Crippen molar-refractivity contribution in [1.29, 1.82) is 0 Å². The maximum Gasteiger partial charge on any atom is 0.257 e. The number of thiophene rings is 1. The van der Waals surface area contributed by atoms with Crippen molar-refractivity contribution in [2.75, 3.05) is 20.2 Å². The number of amides is 1. The Morgan fingerprint density at radius 3 is 2.93 bits per heavy atom. The molecule has 3 heterocycles. The molecule has 152 valence electrons. The molecule has 1 amide bonds. The van der Waals surface area contributed by atoms with E-state index in [1.807, 2.05) is 28.5 Å². The summed E-state index contributed by atoms with van der Waals surface area (Å²) >= 11 is 1.62. The average molecular weight is 412 g/mol. The zero-order valence-electron chi connectivity index (χ0n) is 16.7. The van der Waals surface area contributed by atoms with Crippen molar-refractivity contribution in [3.63, 3.8) is 0 Å². The molecule has 4 rings (SSSR count). The lowest BCUT2D eigenvalue weighted by molar-refractivity contribution is 0.0742. The molecule has 1 aliphatic carbocycles. The molecular formula is C21H25N5O2S. The van der Waals surface area contributed by atoms with Crippen molar-refractivity contribution < 1.29 is 9.53 Å². The molecule has 0 aliphatic heterocycles. The number of carbonyl (C=O) groups is 1. The van der Waals surface area contributed by atoms with Crippen molar-refractivity contribution in [2.45, 2.75) is 32.8 Å². The molecule has 7 nitrogen and oxygen atoms in total. The predicted octanol–water partition coefficient (Wildman–Crippen LogP) is 3.80. The largest absolute Gasteiger partial charge is 0.378 e. The van der Waals surface area contributed by atoms with Crippen molar-refractivity contribution in [3.05, 3.63) is 47.2 Å². The fourth-order valence-corrected chi connectivity index (χ4v) is 4.04. The van der Waals surface area contributed by atoms with Gasteiger partial charge in [-0.15, -0.1) is 11.3 Å². The summed E-state index contributed by atoms with van der Waals surface area (Å²) in [6.45, 7) is 3.92. The van der Waals surface area contributed by atoms with Gasteiger partial charge in [-0.2, -0.15) is 9.78 Å². The first kappa shape index (κ1) is 19.7. The van der Waals surface area contributed by atoms with Gasteiger partial charge < -0.3 is 9.64 Å². The molecule has 0 bridgehead atoms. The lowest BCUT2D eigenvalue weighted by Gasteiger charge is -2.22. The summed E-state index contributed by atoms with van der Waals surface area (Å²) in [6, 6.07) is 5.88. The zero-order valence-corrected chi connectivity index (χ0v) is 17.6. The monoisotopic (exact) mass is 411 g/mol. The van der Waals surface area contributed by atoms with Gasteiger partial charge in [0.25, 0.3) is 11.9 Å². The highest BCUT2D eigenvalue weighted by molar-refractivity contribution is 7.13. The zero-order chi connectivity index (χ0) is 20.2. The van der Waals surface area contributed by atoms with E-state index < -0.39 is 0 Å². The highest BCUT2D eigenvalue weighted by atomic mass is 32.1. The van der Waals surface area contributed by atoms with Gasteiger partial charge in [0.2, 0.25) is 0 Å². The van der Waals surface area contributed by atoms with Crippen LogP contribution in [0.1, 0.15) is 42.2 Å². The number of hydrogen-bond donors (Lipinski definition) is 0. The Kier molecular flexibility index (Phi) is 6.01. The average Bonchev–Trinajstić information content (AvgIpc) is 3.21. The molecule has 0 atom stereocenters. The molecule has 0 aromatic carbocycles. The van der Waals surface area contributed by atoms with Gasteiger partial charge in [0, 0.05) is 26.4 Å². The minimum absolute atomic E-state index is 0.00598. The van der Waals surface area contributed by atoms with Crippen LogP contribution in [-0.4, -0.2) is 50.8 Å². The lowest BCUT2D eigenvalue weighted by atomic mass is 10.2. The maximum atomic E-state index is 13.3. The molecule has 0 saturated heterocycles. The lowest BCUT2D eigenvalue weighted by Crippen LogP contribution is -2.34. The normalized spacial score (nSPS) is 13.6. The minimum atomic E-state index is 0.00598. The van der Waals surface area contributed by atoms with Crippen LogP contribution in [0.15, 0.2) is 36.0 Å². The molecule has 0 radical (unpaired) electrons. The molecule has 1 aliphatic rings. The number of rotatable bonds is 9. The van der Waals surface area contributed by atoms with Gasteiger partial charge >= 0.3 is 0 Å². The number of hydrogen-bond acceptors (Lipinski definition) is 6. The van der Waals surface area contributed by atoms with E-state index in [9.17, 15) is 4.79 Å². The summed E-state index contributed by atoms with van der Waals surface area (Å²) in [4.78, 5) is 25.3. The van der Waals surface area contributed by atoms with Crippen molar-refractivity contribution in [1.82, 2.24) is 24.6 Å². The number of methoxy groups -OCH3 is 1. The quantitative estimate of drug-likeness (QED) is 0.535. The summed E-state index contributed by atoms with van der Waals surface area (Å²) in [5, 5.41) is 6.47. The van der Waals surface area contributed by atoms with E-state index >= 15 is 0 Å². The molecule has 8 heteroatoms. The van der Waals surface area contributed by atoms with Crippen LogP contribution in [0.25, 0.3) is 16.5 Å². The van der Waals surface area contributed by atoms with Crippen LogP contribution in [0.3, 0.4) is 0 Å². The molecule has 29 heavy (non-hydrogen) atoms. The van der Waals surface area contributed by atoms with E-state index in [0.29, 0.717) is 23.1 Å². The van der Waals surface area contributed by atoms with E-state index in [-0.39, 0.29) is 12.5 Å². The Morgan fingerprint density at radius 1 is 1.38 bits per heavy atom. The molecule has 0 unspecified atom stereocenters. The minimum Gasteiger partial charge on any atom is -0.378 e. The second kappa shape index (κ2) is 8.84. The Balaban J connectivity index is 1.68. The SMILES string of the molecule is CCCN(CC1CC1)C(=O)c1cnn(-c2nccc(-c3cccs3)n2)c1COC. The first-order valence-electron chi connectivity index (χ1n) is 9.93. The second-order valence-corrected chi connectivity index (χ2v) is 8.21. The number of nitrogens with zero attached hydrogens (tertiary/aromatic N) is 5. The first-order chi connectivity index (χ1) is 14.2. The third kappa shape index (κ3) is 4.38. The molecule has 0 spiro atoms. The topological polar surface area (TPSA) is 73.1 Å². The Labute approximate surface area is 174 Å². The van der Waals surface area contributed by atoms with Crippen molar-refractivity contribution in [2.24, 2.45) is 5.92 Å². The Morgan fingerprint density at radius 2 is 2.24 bits per heavy atom. The van der Waals surface area contributed by atoms with Gasteiger partial charge in [0.1, 0.15) is 0 Å². The van der Waals surface area contributed by atoms with E-state index in [2.05, 4.69) is 22.0 Å². The summed E-state index contributed by atoms with van der Waals surface area (Å²) in [6.07, 6.45) is 6.68. The predicted molar refractivity (Wildman–Crippen MR) is 112 cm³/mol. The highest BCUT2D eigenvalue weighted by Crippen LogP contribution is 2.30. The standard InChI is InChI=1S/C21H25N5O2S/c1-3-10-25(13-15-6-7-15)20(27)16-12-23-26(18(16)14-28-2)21-22-9-8-17(24-21)19-5-4-11-29-19/h4-5,8-9,11-12,15H,3,6-7,10,13-14H2,1-2H3. The van der Waals surface area contributed by atoms with Gasteiger partial charge in [-0.05, 0) is 42.7 Å². The van der Waals surface area contributed by atoms with Crippen molar-refractivity contribution in [3.8, 4) is 16.5 Å². The van der Waals surface area contributed by atoms with Crippen LogP contribution >= 0.6 is 11.3 Å². The summed E-state index contributed by atoms with van der Waals surface area (Å²) < 4.78 is 7.01. The summed E-state index contributed by atoms with van der Waals surface area (Å²) in [7, 11) is 1.61. The molecule has 0 N–H and O–H groups in total. The maximum absolute atomic E-state index is 13.3. The Hall–Kier alpha value is -2.58. The number of aromatic nitrogens is 4. The molecule has 1 saturated carbocycles. The van der Waals surface area contributed by atoms with E-state index in [1.54, 1.807) is 35.5 Å². The van der Waals surface area contributed by atoms with E-state index in [0.717, 1.165) is 30.1 Å². The van der Waals surface area contributed by atoms with Gasteiger partial charge in [-0.25, -0.2) is 9.97 Å². The van der Waals surface area contributed by atoms with Crippen LogP contribution < -0.4 is 0 Å². The van der Waals surface area contributed by atoms with Gasteiger partial charge in [-0.1, -0.05) is 13.0 Å². The molecule has 3 aromatic heterocycles. The number of ether oxygens (including phenoxy) is 1. The summed E-state index contributed by atoms with van der Waals surface area (Å²) in [5.41, 5.74) is 2.07. The molecule has 1 fully saturated rings. The van der Waals surface area contributed by atoms with E-state index in [4.69, 9.17) is 4.74 Å². The van der Waals surface area contributed by atoms with Crippen LogP contribution in [0.4, 0.5) is 0 Å². The van der Waals surface area contributed by atoms with Gasteiger partial charge in [-0.3, -0.25) is 4.79 Å². The van der Waals surface area contributed by atoms with Crippen LogP contribution in [0.5, 0.6) is 0 Å². The fourth-order valence-electron chi connectivity index (χ4n) is 3.34. The third-order valence-corrected chi connectivity index (χ3v) is 5.83. The van der Waals surface area contributed by atoms with Crippen LogP contribution in [-0.2, 0) is 11.3 Å². The smallest absolute Gasteiger partial charge is 0.257 e. The van der Waals surface area contributed by atoms with Crippen molar-refractivity contribution >= 4 is 17.2 Å². The Bertz CT molecular complexity index is 965. The van der Waals surface area contributed by atoms with Crippen LogP contribution in [0.2, 0.25) is 0 Å². The third-order valence-electron chi connectivity index (χ3n) is 4.94. The molecular weight excluding hydrogens is 386 g/mol. The summed E-state index contributed by atoms with van der Waals surface area (Å²) in [5.74, 6) is 1.08. The molecule has 3 aromatic rings. The van der Waals surface area contributed by atoms with Gasteiger partial charge in [0.05, 0.1) is 34.6 Å². The van der Waals surface area contributed by atoms with Crippen LogP contribution in [0, 0.1) is 5.92 Å². The highest BCUT2D eigenvalue weighted by Gasteiger charge is 2.29. The first-order valence-corrected chi connectivity index (χ1v) is 10.8.